The molecule has 0 atom stereocenters. The van der Waals surface area contributed by atoms with Crippen molar-refractivity contribution < 1.29 is 18.3 Å². The zero-order chi connectivity index (χ0) is 15.6. The number of aromatic hydroxyl groups is 1. The summed E-state index contributed by atoms with van der Waals surface area (Å²) in [5, 5.41) is 9.82. The van der Waals surface area contributed by atoms with Crippen molar-refractivity contribution in [2.24, 2.45) is 0 Å². The van der Waals surface area contributed by atoms with Crippen molar-refractivity contribution in [2.75, 3.05) is 14.2 Å². The van der Waals surface area contributed by atoms with Crippen LogP contribution in [0.2, 0.25) is 0 Å². The lowest BCUT2D eigenvalue weighted by molar-refractivity contribution is 0.405. The van der Waals surface area contributed by atoms with Gasteiger partial charge in [0.2, 0.25) is 10.0 Å². The van der Waals surface area contributed by atoms with Crippen LogP contribution in [-0.2, 0) is 16.6 Å². The molecule has 8 heteroatoms. The summed E-state index contributed by atoms with van der Waals surface area (Å²) in [6, 6.07) is 7.84. The molecule has 0 saturated carbocycles. The third-order valence-electron chi connectivity index (χ3n) is 2.86. The predicted molar refractivity (Wildman–Crippen MR) is 85.3 cm³/mol. The number of hydrogen-bond donors (Lipinski definition) is 1. The van der Waals surface area contributed by atoms with Crippen molar-refractivity contribution in [2.45, 2.75) is 11.4 Å². The second-order valence-electron chi connectivity index (χ2n) is 4.30. The number of ether oxygens (including phenoxy) is 1. The van der Waals surface area contributed by atoms with E-state index >= 15 is 0 Å². The Kier molecular flexibility index (Phi) is 4.92. The molecule has 1 aromatic heterocycles. The van der Waals surface area contributed by atoms with Crippen molar-refractivity contribution >= 4 is 37.3 Å². The molecule has 0 amide bonds. The second kappa shape index (κ2) is 6.35. The molecule has 0 aliphatic carbocycles. The zero-order valence-electron chi connectivity index (χ0n) is 11.4. The van der Waals surface area contributed by atoms with Crippen LogP contribution in [0.3, 0.4) is 0 Å². The molecule has 21 heavy (non-hydrogen) atoms. The maximum Gasteiger partial charge on any atom is 0.246 e. The molecular formula is C13H14BrNO4S2. The number of hydrogen-bond acceptors (Lipinski definition) is 5. The molecule has 0 radical (unpaired) electrons. The predicted octanol–water partition coefficient (Wildman–Crippen LogP) is 3.05. The van der Waals surface area contributed by atoms with E-state index in [1.807, 2.05) is 12.1 Å². The molecule has 0 aliphatic heterocycles. The van der Waals surface area contributed by atoms with Gasteiger partial charge in [-0.3, -0.25) is 0 Å². The zero-order valence-corrected chi connectivity index (χ0v) is 14.6. The van der Waals surface area contributed by atoms with E-state index in [0.717, 1.165) is 8.66 Å². The van der Waals surface area contributed by atoms with E-state index in [1.54, 1.807) is 0 Å². The number of halogens is 1. The minimum Gasteiger partial charge on any atom is -0.507 e. The van der Waals surface area contributed by atoms with Gasteiger partial charge in [-0.1, -0.05) is 0 Å². The molecule has 2 aromatic rings. The van der Waals surface area contributed by atoms with Gasteiger partial charge in [0, 0.05) is 24.5 Å². The molecule has 114 valence electrons. The average molecular weight is 392 g/mol. The van der Waals surface area contributed by atoms with Crippen LogP contribution in [0.25, 0.3) is 0 Å². The summed E-state index contributed by atoms with van der Waals surface area (Å²) in [5.74, 6) is 0.0775. The number of nitrogens with zero attached hydrogens (tertiary/aromatic N) is 1. The third-order valence-corrected chi connectivity index (χ3v) is 6.30. The van der Waals surface area contributed by atoms with E-state index in [9.17, 15) is 13.5 Å². The van der Waals surface area contributed by atoms with E-state index in [1.165, 1.54) is 48.0 Å². The molecule has 0 fully saturated rings. The van der Waals surface area contributed by atoms with Crippen LogP contribution in [-0.4, -0.2) is 32.0 Å². The first kappa shape index (κ1) is 16.3. The number of benzene rings is 1. The Labute approximate surface area is 136 Å². The fourth-order valence-electron chi connectivity index (χ4n) is 1.74. The van der Waals surface area contributed by atoms with E-state index in [-0.39, 0.29) is 17.2 Å². The van der Waals surface area contributed by atoms with Crippen LogP contribution >= 0.6 is 27.3 Å². The monoisotopic (exact) mass is 391 g/mol. The van der Waals surface area contributed by atoms with E-state index in [0.29, 0.717) is 5.75 Å². The van der Waals surface area contributed by atoms with Gasteiger partial charge in [-0.15, -0.1) is 11.3 Å². The van der Waals surface area contributed by atoms with Gasteiger partial charge in [-0.25, -0.2) is 8.42 Å². The van der Waals surface area contributed by atoms with Gasteiger partial charge in [0.1, 0.15) is 16.4 Å². The first-order valence-corrected chi connectivity index (χ1v) is 8.97. The van der Waals surface area contributed by atoms with Crippen LogP contribution < -0.4 is 4.74 Å². The summed E-state index contributed by atoms with van der Waals surface area (Å²) >= 11 is 4.80. The van der Waals surface area contributed by atoms with Crippen LogP contribution in [0.4, 0.5) is 0 Å². The molecule has 1 heterocycles. The first-order chi connectivity index (χ1) is 9.84. The number of methoxy groups -OCH3 is 1. The summed E-state index contributed by atoms with van der Waals surface area (Å²) in [5.41, 5.74) is 0. The molecule has 0 unspecified atom stereocenters. The summed E-state index contributed by atoms with van der Waals surface area (Å²) in [7, 11) is -0.882. The van der Waals surface area contributed by atoms with Crippen LogP contribution in [0.15, 0.2) is 39.0 Å². The average Bonchev–Trinajstić information content (AvgIpc) is 2.84. The third kappa shape index (κ3) is 3.57. The summed E-state index contributed by atoms with van der Waals surface area (Å²) in [6.45, 7) is 0.231. The van der Waals surface area contributed by atoms with Crippen molar-refractivity contribution in [3.63, 3.8) is 0 Å². The van der Waals surface area contributed by atoms with Gasteiger partial charge in [0.05, 0.1) is 10.9 Å². The number of rotatable bonds is 5. The smallest absolute Gasteiger partial charge is 0.246 e. The molecule has 2 rings (SSSR count). The Morgan fingerprint density at radius 1 is 1.33 bits per heavy atom. The number of phenolic OH excluding ortho intramolecular Hbond substituents is 1. The SMILES string of the molecule is COc1ccc(O)c(S(=O)(=O)N(C)Cc2ccc(Br)s2)c1. The topological polar surface area (TPSA) is 66.8 Å². The fourth-order valence-corrected chi connectivity index (χ4v) is 4.60. The highest BCUT2D eigenvalue weighted by Crippen LogP contribution is 2.31. The molecule has 0 aliphatic rings. The van der Waals surface area contributed by atoms with E-state index in [2.05, 4.69) is 15.9 Å². The van der Waals surface area contributed by atoms with E-state index < -0.39 is 10.0 Å². The van der Waals surface area contributed by atoms with Crippen LogP contribution in [0.1, 0.15) is 4.88 Å². The second-order valence-corrected chi connectivity index (χ2v) is 8.86. The Bertz CT molecular complexity index is 742. The van der Waals surface area contributed by atoms with Gasteiger partial charge in [0.25, 0.3) is 0 Å². The van der Waals surface area contributed by atoms with Crippen molar-refractivity contribution in [1.82, 2.24) is 4.31 Å². The normalized spacial score (nSPS) is 11.8. The largest absolute Gasteiger partial charge is 0.507 e. The fraction of sp³-hybridized carbons (Fsp3) is 0.231. The Balaban J connectivity index is 2.32. The van der Waals surface area contributed by atoms with Gasteiger partial charge in [0.15, 0.2) is 0 Å². The number of phenols is 1. The highest BCUT2D eigenvalue weighted by Gasteiger charge is 2.25. The summed E-state index contributed by atoms with van der Waals surface area (Å²) < 4.78 is 32.2. The van der Waals surface area contributed by atoms with Crippen molar-refractivity contribution in [1.29, 1.82) is 0 Å². The van der Waals surface area contributed by atoms with Crippen molar-refractivity contribution in [3.05, 3.63) is 39.0 Å². The number of thiophene rings is 1. The summed E-state index contributed by atoms with van der Waals surface area (Å²) in [4.78, 5) is 0.732. The van der Waals surface area contributed by atoms with Gasteiger partial charge in [-0.2, -0.15) is 4.31 Å². The molecule has 0 bridgehead atoms. The minimum absolute atomic E-state index is 0.167. The lowest BCUT2D eigenvalue weighted by atomic mass is 10.3. The minimum atomic E-state index is -3.80. The van der Waals surface area contributed by atoms with Crippen molar-refractivity contribution in [3.8, 4) is 11.5 Å². The molecule has 0 saturated heterocycles. The first-order valence-electron chi connectivity index (χ1n) is 5.92. The quantitative estimate of drug-likeness (QED) is 0.850. The molecule has 0 spiro atoms. The maximum absolute atomic E-state index is 12.5. The number of sulfonamides is 1. The molecule has 5 nitrogen and oxygen atoms in total. The van der Waals surface area contributed by atoms with Gasteiger partial charge in [-0.05, 0) is 40.2 Å². The van der Waals surface area contributed by atoms with Crippen LogP contribution in [0, 0.1) is 0 Å². The van der Waals surface area contributed by atoms with Gasteiger partial charge < -0.3 is 9.84 Å². The van der Waals surface area contributed by atoms with Gasteiger partial charge >= 0.3 is 0 Å². The van der Waals surface area contributed by atoms with E-state index in [4.69, 9.17) is 4.74 Å². The maximum atomic E-state index is 12.5. The highest BCUT2D eigenvalue weighted by molar-refractivity contribution is 9.11. The molecular weight excluding hydrogens is 378 g/mol. The lowest BCUT2D eigenvalue weighted by Crippen LogP contribution is -2.26. The Morgan fingerprint density at radius 2 is 2.05 bits per heavy atom. The molecule has 1 aromatic carbocycles. The Hall–Kier alpha value is -1.09. The lowest BCUT2D eigenvalue weighted by Gasteiger charge is -2.17. The van der Waals surface area contributed by atoms with Crippen LogP contribution in [0.5, 0.6) is 11.5 Å². The highest BCUT2D eigenvalue weighted by atomic mass is 79.9. The standard InChI is InChI=1S/C13H14BrNO4S2/c1-15(8-10-4-6-13(14)20-10)21(17,18)12-7-9(19-2)3-5-11(12)16/h3-7,16H,8H2,1-2H3. The Morgan fingerprint density at radius 3 is 2.62 bits per heavy atom. The summed E-state index contributed by atoms with van der Waals surface area (Å²) in [6.07, 6.45) is 0. The molecule has 1 N–H and O–H groups in total.